The molecular weight excluding hydrogens is 328 g/mol. The number of carbonyl (C=O) groups is 2. The molecule has 5 heteroatoms. The molecule has 3 aliphatic rings. The first-order chi connectivity index (χ1) is 12.7. The largest absolute Gasteiger partial charge is 0.497 e. The van der Waals surface area contributed by atoms with E-state index < -0.39 is 0 Å². The molecule has 1 aliphatic carbocycles. The summed E-state index contributed by atoms with van der Waals surface area (Å²) in [6.45, 7) is 0.693. The Morgan fingerprint density at radius 2 is 2.04 bits per heavy atom. The molecule has 1 N–H and O–H groups in total. The molecule has 2 saturated heterocycles. The maximum atomic E-state index is 13.1. The summed E-state index contributed by atoms with van der Waals surface area (Å²) >= 11 is 0. The van der Waals surface area contributed by atoms with Crippen LogP contribution in [0.5, 0.6) is 5.75 Å². The van der Waals surface area contributed by atoms with Gasteiger partial charge in [0, 0.05) is 24.8 Å². The maximum absolute atomic E-state index is 13.1. The molecule has 3 fully saturated rings. The highest BCUT2D eigenvalue weighted by Gasteiger charge is 2.47. The van der Waals surface area contributed by atoms with E-state index in [-0.39, 0.29) is 29.8 Å². The summed E-state index contributed by atoms with van der Waals surface area (Å²) in [5.74, 6) is 1.55. The van der Waals surface area contributed by atoms with Gasteiger partial charge in [-0.05, 0) is 43.4 Å². The Morgan fingerprint density at radius 3 is 2.77 bits per heavy atom. The summed E-state index contributed by atoms with van der Waals surface area (Å²) < 4.78 is 5.39. The number of rotatable bonds is 3. The molecule has 2 aliphatic heterocycles. The second kappa shape index (κ2) is 7.29. The number of fused-ring (bicyclic) bond motifs is 1. The van der Waals surface area contributed by atoms with Crippen molar-refractivity contribution in [3.8, 4) is 5.75 Å². The molecule has 4 rings (SSSR count). The van der Waals surface area contributed by atoms with Crippen molar-refractivity contribution in [3.05, 3.63) is 29.8 Å². The van der Waals surface area contributed by atoms with Gasteiger partial charge >= 0.3 is 0 Å². The molecular formula is C21H28N2O3. The summed E-state index contributed by atoms with van der Waals surface area (Å²) in [6, 6.07) is 8.17. The van der Waals surface area contributed by atoms with Crippen molar-refractivity contribution in [3.63, 3.8) is 0 Å². The van der Waals surface area contributed by atoms with E-state index in [1.165, 1.54) is 0 Å². The van der Waals surface area contributed by atoms with Gasteiger partial charge in [-0.3, -0.25) is 9.59 Å². The zero-order valence-corrected chi connectivity index (χ0v) is 15.4. The third-order valence-electron chi connectivity index (χ3n) is 6.38. The number of hydrogen-bond acceptors (Lipinski definition) is 3. The zero-order chi connectivity index (χ0) is 18.1. The number of carbonyl (C=O) groups excluding carboxylic acids is 2. The monoisotopic (exact) mass is 356 g/mol. The molecule has 5 nitrogen and oxygen atoms in total. The van der Waals surface area contributed by atoms with E-state index in [9.17, 15) is 9.59 Å². The van der Waals surface area contributed by atoms with Crippen molar-refractivity contribution in [1.82, 2.24) is 10.2 Å². The first kappa shape index (κ1) is 17.4. The summed E-state index contributed by atoms with van der Waals surface area (Å²) in [4.78, 5) is 27.5. The highest BCUT2D eigenvalue weighted by molar-refractivity contribution is 5.81. The van der Waals surface area contributed by atoms with Crippen LogP contribution in [0, 0.1) is 5.92 Å². The van der Waals surface area contributed by atoms with Gasteiger partial charge < -0.3 is 15.0 Å². The van der Waals surface area contributed by atoms with Crippen LogP contribution in [-0.4, -0.2) is 42.5 Å². The Balaban J connectivity index is 1.65. The predicted molar refractivity (Wildman–Crippen MR) is 99.0 cm³/mol. The minimum absolute atomic E-state index is 0.000988. The zero-order valence-electron chi connectivity index (χ0n) is 15.4. The van der Waals surface area contributed by atoms with Crippen molar-refractivity contribution in [2.75, 3.05) is 13.7 Å². The minimum atomic E-state index is -0.000988. The van der Waals surface area contributed by atoms with Crippen LogP contribution < -0.4 is 10.1 Å². The summed E-state index contributed by atoms with van der Waals surface area (Å²) in [5, 5.41) is 3.25. The van der Waals surface area contributed by atoms with E-state index >= 15 is 0 Å². The first-order valence-electron chi connectivity index (χ1n) is 9.91. The van der Waals surface area contributed by atoms with Crippen molar-refractivity contribution in [2.45, 2.75) is 62.9 Å². The summed E-state index contributed by atoms with van der Waals surface area (Å²) in [7, 11) is 1.67. The molecule has 140 valence electrons. The van der Waals surface area contributed by atoms with Crippen LogP contribution in [0.1, 0.15) is 56.4 Å². The van der Waals surface area contributed by atoms with Gasteiger partial charge in [-0.2, -0.15) is 0 Å². The highest BCUT2D eigenvalue weighted by Crippen LogP contribution is 2.39. The number of nitrogens with zero attached hydrogens (tertiary/aromatic N) is 1. The van der Waals surface area contributed by atoms with E-state index in [1.54, 1.807) is 7.11 Å². The Hall–Kier alpha value is -2.04. The van der Waals surface area contributed by atoms with Gasteiger partial charge in [0.05, 0.1) is 19.2 Å². The van der Waals surface area contributed by atoms with Gasteiger partial charge in [-0.1, -0.05) is 25.0 Å². The van der Waals surface area contributed by atoms with E-state index in [0.29, 0.717) is 18.9 Å². The van der Waals surface area contributed by atoms with E-state index in [4.69, 9.17) is 4.74 Å². The molecule has 0 bridgehead atoms. The standard InChI is InChI=1S/C21H28N2O3/c1-26-16-9-5-8-15(12-16)17-13-23(21(25)14-6-4-7-14)18-10-2-3-11-19(24)22-20(17)18/h5,8-9,12,14,17-18,20H,2-4,6-7,10-11,13H2,1H3,(H,22,24)/t17-,18+,20-/m0/s1. The molecule has 0 spiro atoms. The fourth-order valence-corrected chi connectivity index (χ4v) is 4.68. The average Bonchev–Trinajstić information content (AvgIpc) is 2.93. The summed E-state index contributed by atoms with van der Waals surface area (Å²) in [6.07, 6.45) is 6.67. The molecule has 3 atom stereocenters. The first-order valence-corrected chi connectivity index (χ1v) is 9.91. The lowest BCUT2D eigenvalue weighted by Crippen LogP contribution is -2.50. The van der Waals surface area contributed by atoms with Gasteiger partial charge in [0.1, 0.15) is 5.75 Å². The third-order valence-corrected chi connectivity index (χ3v) is 6.38. The number of methoxy groups -OCH3 is 1. The van der Waals surface area contributed by atoms with Crippen molar-refractivity contribution in [2.24, 2.45) is 5.92 Å². The molecule has 1 aromatic carbocycles. The second-order valence-electron chi connectivity index (χ2n) is 7.91. The van der Waals surface area contributed by atoms with Gasteiger partial charge in [0.2, 0.25) is 11.8 Å². The SMILES string of the molecule is COc1cccc([C@@H]2CN(C(=O)C3CCC3)[C@@H]3CCCCC(=O)N[C@H]32)c1. The Labute approximate surface area is 155 Å². The number of ether oxygens (including phenoxy) is 1. The average molecular weight is 356 g/mol. The number of hydrogen-bond donors (Lipinski definition) is 1. The van der Waals surface area contributed by atoms with Crippen molar-refractivity contribution < 1.29 is 14.3 Å². The number of likely N-dealkylation sites (tertiary alicyclic amines) is 1. The third kappa shape index (κ3) is 3.19. The second-order valence-corrected chi connectivity index (χ2v) is 7.91. The van der Waals surface area contributed by atoms with Crippen LogP contribution in [-0.2, 0) is 9.59 Å². The molecule has 26 heavy (non-hydrogen) atoms. The van der Waals surface area contributed by atoms with Crippen LogP contribution in [0.2, 0.25) is 0 Å². The quantitative estimate of drug-likeness (QED) is 0.906. The predicted octanol–water partition coefficient (Wildman–Crippen LogP) is 2.85. The van der Waals surface area contributed by atoms with E-state index in [2.05, 4.69) is 16.3 Å². The lowest BCUT2D eigenvalue weighted by atomic mass is 9.84. The van der Waals surface area contributed by atoms with Gasteiger partial charge in [0.15, 0.2) is 0 Å². The van der Waals surface area contributed by atoms with Crippen molar-refractivity contribution >= 4 is 11.8 Å². The topological polar surface area (TPSA) is 58.6 Å². The lowest BCUT2D eigenvalue weighted by molar-refractivity contribution is -0.139. The number of amides is 2. The lowest BCUT2D eigenvalue weighted by Gasteiger charge is -2.35. The van der Waals surface area contributed by atoms with Crippen molar-refractivity contribution in [1.29, 1.82) is 0 Å². The Kier molecular flexibility index (Phi) is 4.88. The minimum Gasteiger partial charge on any atom is -0.497 e. The molecule has 1 saturated carbocycles. The van der Waals surface area contributed by atoms with Gasteiger partial charge in [0.25, 0.3) is 0 Å². The Bertz CT molecular complexity index is 686. The van der Waals surface area contributed by atoms with E-state index in [0.717, 1.165) is 49.8 Å². The smallest absolute Gasteiger partial charge is 0.226 e. The molecule has 0 aromatic heterocycles. The summed E-state index contributed by atoms with van der Waals surface area (Å²) in [5.41, 5.74) is 1.14. The van der Waals surface area contributed by atoms with E-state index in [1.807, 2.05) is 18.2 Å². The number of nitrogens with one attached hydrogen (secondary N) is 1. The Morgan fingerprint density at radius 1 is 1.19 bits per heavy atom. The van der Waals surface area contributed by atoms with Gasteiger partial charge in [-0.25, -0.2) is 0 Å². The fraction of sp³-hybridized carbons (Fsp3) is 0.619. The van der Waals surface area contributed by atoms with Crippen LogP contribution in [0.15, 0.2) is 24.3 Å². The highest BCUT2D eigenvalue weighted by atomic mass is 16.5. The molecule has 2 heterocycles. The van der Waals surface area contributed by atoms with Crippen LogP contribution in [0.4, 0.5) is 0 Å². The van der Waals surface area contributed by atoms with Gasteiger partial charge in [-0.15, -0.1) is 0 Å². The van der Waals surface area contributed by atoms with Crippen LogP contribution in [0.3, 0.4) is 0 Å². The normalized spacial score (nSPS) is 29.2. The molecule has 1 aromatic rings. The molecule has 2 amide bonds. The van der Waals surface area contributed by atoms with Crippen LogP contribution in [0.25, 0.3) is 0 Å². The fourth-order valence-electron chi connectivity index (χ4n) is 4.68. The van der Waals surface area contributed by atoms with Crippen LogP contribution >= 0.6 is 0 Å². The molecule has 0 unspecified atom stereocenters. The number of benzene rings is 1. The molecule has 0 radical (unpaired) electrons. The maximum Gasteiger partial charge on any atom is 0.226 e.